The van der Waals surface area contributed by atoms with Crippen LogP contribution in [0.25, 0.3) is 10.1 Å². The van der Waals surface area contributed by atoms with Gasteiger partial charge in [-0.3, -0.25) is 4.79 Å². The summed E-state index contributed by atoms with van der Waals surface area (Å²) in [4.78, 5) is 14.1. The Morgan fingerprint density at radius 2 is 2.10 bits per heavy atom. The molecular weight excluding hydrogens is 332 g/mol. The Hall–Kier alpha value is -1.31. The van der Waals surface area contributed by atoms with E-state index in [1.165, 1.54) is 16.2 Å². The number of fused-ring (bicyclic) bond motifs is 1. The fourth-order valence-electron chi connectivity index (χ4n) is 1.83. The van der Waals surface area contributed by atoms with Crippen LogP contribution in [0, 0.1) is 0 Å². The average molecular weight is 347 g/mol. The van der Waals surface area contributed by atoms with Crippen LogP contribution in [0.5, 0.6) is 0 Å². The summed E-state index contributed by atoms with van der Waals surface area (Å²) < 4.78 is 23.2. The summed E-state index contributed by atoms with van der Waals surface area (Å²) in [7, 11) is -1.55. The van der Waals surface area contributed by atoms with Crippen molar-refractivity contribution in [2.75, 3.05) is 31.3 Å². The molecule has 0 aliphatic rings. The van der Waals surface area contributed by atoms with Crippen LogP contribution in [0.3, 0.4) is 0 Å². The van der Waals surface area contributed by atoms with Gasteiger partial charge in [0.15, 0.2) is 0 Å². The lowest BCUT2D eigenvalue weighted by Gasteiger charge is -2.15. The van der Waals surface area contributed by atoms with E-state index in [0.29, 0.717) is 15.6 Å². The molecule has 0 spiro atoms. The normalized spacial score (nSPS) is 11.8. The van der Waals surface area contributed by atoms with Gasteiger partial charge in [-0.15, -0.1) is 11.3 Å². The molecule has 0 unspecified atom stereocenters. The molecule has 114 valence electrons. The Morgan fingerprint density at radius 3 is 2.71 bits per heavy atom. The van der Waals surface area contributed by atoms with Gasteiger partial charge in [-0.2, -0.15) is 0 Å². The first kappa shape index (κ1) is 16.1. The second-order valence-electron chi connectivity index (χ2n) is 4.84. The zero-order valence-electron chi connectivity index (χ0n) is 11.6. The molecular formula is C13H15ClN2O3S2. The molecule has 1 amide bonds. The van der Waals surface area contributed by atoms with Crippen molar-refractivity contribution < 1.29 is 13.2 Å². The number of anilines is 1. The molecule has 0 saturated carbocycles. The van der Waals surface area contributed by atoms with Crippen molar-refractivity contribution >= 4 is 54.5 Å². The molecule has 1 heterocycles. The Kier molecular flexibility index (Phi) is 4.46. The number of carbonyl (C=O) groups excluding carboxylic acids is 1. The van der Waals surface area contributed by atoms with Crippen molar-refractivity contribution in [2.24, 2.45) is 0 Å². The molecule has 1 aromatic heterocycles. The number of thiophene rings is 1. The third-order valence-electron chi connectivity index (χ3n) is 3.03. The lowest BCUT2D eigenvalue weighted by Crippen LogP contribution is -2.31. The molecule has 2 aromatic rings. The number of benzene rings is 1. The molecule has 8 heteroatoms. The van der Waals surface area contributed by atoms with Crippen LogP contribution in [0.1, 0.15) is 9.67 Å². The number of nitrogen functional groups attached to an aromatic ring is 1. The number of carbonyl (C=O) groups is 1. The summed E-state index contributed by atoms with van der Waals surface area (Å²) in [5, 5.41) is 1.30. The molecule has 21 heavy (non-hydrogen) atoms. The van der Waals surface area contributed by atoms with Crippen molar-refractivity contribution in [1.29, 1.82) is 0 Å². The minimum atomic E-state index is -3.11. The summed E-state index contributed by atoms with van der Waals surface area (Å²) in [6, 6.07) is 5.27. The van der Waals surface area contributed by atoms with Gasteiger partial charge in [-0.1, -0.05) is 11.6 Å². The highest BCUT2D eigenvalue weighted by Crippen LogP contribution is 2.35. The maximum atomic E-state index is 12.4. The predicted molar refractivity (Wildman–Crippen MR) is 87.9 cm³/mol. The minimum absolute atomic E-state index is 0.0775. The van der Waals surface area contributed by atoms with Gasteiger partial charge < -0.3 is 10.6 Å². The fraction of sp³-hybridized carbons (Fsp3) is 0.308. The van der Waals surface area contributed by atoms with Crippen LogP contribution in [-0.4, -0.2) is 44.8 Å². The van der Waals surface area contributed by atoms with Gasteiger partial charge in [0.2, 0.25) is 0 Å². The monoisotopic (exact) mass is 346 g/mol. The van der Waals surface area contributed by atoms with E-state index in [9.17, 15) is 13.2 Å². The van der Waals surface area contributed by atoms with Crippen molar-refractivity contribution in [2.45, 2.75) is 0 Å². The van der Waals surface area contributed by atoms with E-state index in [4.69, 9.17) is 17.3 Å². The van der Waals surface area contributed by atoms with Gasteiger partial charge in [-0.05, 0) is 18.2 Å². The van der Waals surface area contributed by atoms with Crippen LogP contribution in [0.4, 0.5) is 5.69 Å². The molecule has 0 atom stereocenters. The average Bonchev–Trinajstić information content (AvgIpc) is 2.71. The lowest BCUT2D eigenvalue weighted by molar-refractivity contribution is 0.0809. The first-order valence-corrected chi connectivity index (χ1v) is 9.35. The SMILES string of the molecule is CN(CCS(C)(=O)=O)C(=O)c1sc2ccc(Cl)cc2c1N. The molecule has 1 aromatic carbocycles. The van der Waals surface area contributed by atoms with Crippen molar-refractivity contribution in [3.05, 3.63) is 28.1 Å². The second kappa shape index (κ2) is 5.82. The summed E-state index contributed by atoms with van der Waals surface area (Å²) >= 11 is 7.21. The van der Waals surface area contributed by atoms with Gasteiger partial charge in [-0.25, -0.2) is 8.42 Å². The summed E-state index contributed by atoms with van der Waals surface area (Å²) in [5.41, 5.74) is 6.40. The molecule has 5 nitrogen and oxygen atoms in total. The van der Waals surface area contributed by atoms with Crippen LogP contribution in [0.2, 0.25) is 5.02 Å². The Morgan fingerprint density at radius 1 is 1.43 bits per heavy atom. The number of halogens is 1. The maximum Gasteiger partial charge on any atom is 0.265 e. The highest BCUT2D eigenvalue weighted by molar-refractivity contribution is 7.90. The number of amides is 1. The second-order valence-corrected chi connectivity index (χ2v) is 8.59. The van der Waals surface area contributed by atoms with Gasteiger partial charge in [0, 0.05) is 35.0 Å². The van der Waals surface area contributed by atoms with Crippen molar-refractivity contribution in [3.63, 3.8) is 0 Å². The largest absolute Gasteiger partial charge is 0.397 e. The number of hydrogen-bond donors (Lipinski definition) is 1. The Labute approximate surface area is 132 Å². The van der Waals surface area contributed by atoms with E-state index in [-0.39, 0.29) is 18.2 Å². The quantitative estimate of drug-likeness (QED) is 0.920. The van der Waals surface area contributed by atoms with E-state index in [0.717, 1.165) is 16.3 Å². The highest BCUT2D eigenvalue weighted by Gasteiger charge is 2.20. The van der Waals surface area contributed by atoms with Crippen LogP contribution in [-0.2, 0) is 9.84 Å². The van der Waals surface area contributed by atoms with Gasteiger partial charge in [0.25, 0.3) is 5.91 Å². The zero-order chi connectivity index (χ0) is 15.8. The topological polar surface area (TPSA) is 80.5 Å². The van der Waals surface area contributed by atoms with E-state index in [1.807, 2.05) is 6.07 Å². The number of hydrogen-bond acceptors (Lipinski definition) is 5. The highest BCUT2D eigenvalue weighted by atomic mass is 35.5. The number of nitrogens with two attached hydrogens (primary N) is 1. The van der Waals surface area contributed by atoms with Gasteiger partial charge in [0.05, 0.1) is 11.4 Å². The van der Waals surface area contributed by atoms with Crippen molar-refractivity contribution in [3.8, 4) is 0 Å². The fourth-order valence-corrected chi connectivity index (χ4v) is 3.70. The van der Waals surface area contributed by atoms with E-state index in [2.05, 4.69) is 0 Å². The van der Waals surface area contributed by atoms with E-state index >= 15 is 0 Å². The first-order valence-electron chi connectivity index (χ1n) is 6.10. The number of nitrogens with zero attached hydrogens (tertiary/aromatic N) is 1. The third kappa shape index (κ3) is 3.66. The molecule has 0 fully saturated rings. The number of rotatable bonds is 4. The molecule has 2 rings (SSSR count). The van der Waals surface area contributed by atoms with Crippen LogP contribution in [0.15, 0.2) is 18.2 Å². The van der Waals surface area contributed by atoms with E-state index < -0.39 is 9.84 Å². The third-order valence-corrected chi connectivity index (χ3v) is 5.36. The predicted octanol–water partition coefficient (Wildman–Crippen LogP) is 2.25. The Balaban J connectivity index is 2.29. The molecule has 0 radical (unpaired) electrons. The van der Waals surface area contributed by atoms with E-state index in [1.54, 1.807) is 19.2 Å². The first-order chi connectivity index (χ1) is 9.69. The van der Waals surface area contributed by atoms with Gasteiger partial charge >= 0.3 is 0 Å². The zero-order valence-corrected chi connectivity index (χ0v) is 14.0. The Bertz CT molecular complexity index is 799. The summed E-state index contributed by atoms with van der Waals surface area (Å²) in [6.45, 7) is 0.131. The number of sulfone groups is 1. The van der Waals surface area contributed by atoms with Crippen molar-refractivity contribution in [1.82, 2.24) is 4.90 Å². The van der Waals surface area contributed by atoms with Crippen LogP contribution < -0.4 is 5.73 Å². The standard InChI is InChI=1S/C13H15ClN2O3S2/c1-16(5-6-21(2,18)19)13(17)12-11(15)9-7-8(14)3-4-10(9)20-12/h3-4,7H,5-6,15H2,1-2H3. The molecule has 0 aliphatic heterocycles. The lowest BCUT2D eigenvalue weighted by atomic mass is 10.2. The summed E-state index contributed by atoms with van der Waals surface area (Å²) in [5.74, 6) is -0.361. The van der Waals surface area contributed by atoms with Gasteiger partial charge in [0.1, 0.15) is 14.7 Å². The molecule has 2 N–H and O–H groups in total. The summed E-state index contributed by atoms with van der Waals surface area (Å²) in [6.07, 6.45) is 1.14. The van der Waals surface area contributed by atoms with Crippen LogP contribution >= 0.6 is 22.9 Å². The minimum Gasteiger partial charge on any atom is -0.397 e. The smallest absolute Gasteiger partial charge is 0.265 e. The molecule has 0 bridgehead atoms. The molecule has 0 saturated heterocycles. The molecule has 0 aliphatic carbocycles. The maximum absolute atomic E-state index is 12.4.